The number of fused-ring (bicyclic) bond motifs is 1. The summed E-state index contributed by atoms with van der Waals surface area (Å²) in [6.07, 6.45) is 9.34. The van der Waals surface area contributed by atoms with Crippen LogP contribution in [0.3, 0.4) is 0 Å². The Labute approximate surface area is 206 Å². The van der Waals surface area contributed by atoms with Gasteiger partial charge in [0.1, 0.15) is 5.82 Å². The Morgan fingerprint density at radius 2 is 1.91 bits per heavy atom. The summed E-state index contributed by atoms with van der Waals surface area (Å²) in [6.45, 7) is 5.06. The van der Waals surface area contributed by atoms with E-state index in [0.29, 0.717) is 12.4 Å². The average Bonchev–Trinajstić information content (AvgIpc) is 3.54. The van der Waals surface area contributed by atoms with Gasteiger partial charge in [-0.25, -0.2) is 4.98 Å². The molecule has 0 atom stereocenters. The standard InChI is InChI=1S/C28H31N5O2/c1-21(34)32-18-11-23-7-8-25(19-26(23)32)33(28(35)10-9-27-29-14-15-30-27)24-12-16-31(17-13-24)20-22-5-3-2-4-6-22/h2-10,14-15,19,24H,11-13,16-18,20H2,1H3,(H,29,30)/b10-9+. The smallest absolute Gasteiger partial charge is 0.251 e. The molecule has 0 unspecified atom stereocenters. The van der Waals surface area contributed by atoms with Crippen LogP contribution < -0.4 is 9.80 Å². The van der Waals surface area contributed by atoms with E-state index in [4.69, 9.17) is 0 Å². The van der Waals surface area contributed by atoms with Crippen molar-refractivity contribution in [1.82, 2.24) is 14.9 Å². The summed E-state index contributed by atoms with van der Waals surface area (Å²) < 4.78 is 0. The zero-order valence-electron chi connectivity index (χ0n) is 20.1. The molecule has 1 fully saturated rings. The van der Waals surface area contributed by atoms with Crippen LogP contribution in [0.1, 0.15) is 36.7 Å². The fourth-order valence-electron chi connectivity index (χ4n) is 5.14. The first-order chi connectivity index (χ1) is 17.1. The lowest BCUT2D eigenvalue weighted by molar-refractivity contribution is -0.116. The van der Waals surface area contributed by atoms with E-state index in [1.54, 1.807) is 31.5 Å². The number of nitrogens with one attached hydrogen (secondary N) is 1. The normalized spacial score (nSPS) is 16.5. The van der Waals surface area contributed by atoms with Crippen molar-refractivity contribution in [3.05, 3.63) is 84.0 Å². The molecule has 5 rings (SSSR count). The summed E-state index contributed by atoms with van der Waals surface area (Å²) in [5.74, 6) is 0.605. The van der Waals surface area contributed by atoms with Gasteiger partial charge in [0.2, 0.25) is 5.91 Å². The van der Waals surface area contributed by atoms with Gasteiger partial charge in [-0.2, -0.15) is 0 Å². The van der Waals surface area contributed by atoms with Crippen LogP contribution >= 0.6 is 0 Å². The predicted molar refractivity (Wildman–Crippen MR) is 138 cm³/mol. The third-order valence-electron chi connectivity index (χ3n) is 6.93. The van der Waals surface area contributed by atoms with Gasteiger partial charge in [-0.15, -0.1) is 0 Å². The molecule has 0 bridgehead atoms. The van der Waals surface area contributed by atoms with Crippen molar-refractivity contribution >= 4 is 29.3 Å². The lowest BCUT2D eigenvalue weighted by Gasteiger charge is -2.38. The Morgan fingerprint density at radius 3 is 2.63 bits per heavy atom. The molecular weight excluding hydrogens is 438 g/mol. The fourth-order valence-corrected chi connectivity index (χ4v) is 5.14. The minimum absolute atomic E-state index is 0.0331. The maximum Gasteiger partial charge on any atom is 0.251 e. The topological polar surface area (TPSA) is 72.5 Å². The molecule has 2 amide bonds. The van der Waals surface area contributed by atoms with E-state index in [1.165, 1.54) is 5.56 Å². The number of aromatic amines is 1. The van der Waals surface area contributed by atoms with Crippen molar-refractivity contribution in [2.75, 3.05) is 29.4 Å². The summed E-state index contributed by atoms with van der Waals surface area (Å²) >= 11 is 0. The molecular formula is C28H31N5O2. The van der Waals surface area contributed by atoms with Crippen LogP contribution in [0, 0.1) is 0 Å². The molecule has 1 aromatic heterocycles. The van der Waals surface area contributed by atoms with E-state index in [-0.39, 0.29) is 17.9 Å². The van der Waals surface area contributed by atoms with Crippen molar-refractivity contribution < 1.29 is 9.59 Å². The molecule has 2 aliphatic rings. The van der Waals surface area contributed by atoms with Crippen LogP contribution in [-0.2, 0) is 22.6 Å². The van der Waals surface area contributed by atoms with Gasteiger partial charge in [-0.1, -0.05) is 36.4 Å². The van der Waals surface area contributed by atoms with Crippen molar-refractivity contribution in [3.8, 4) is 0 Å². The number of hydrogen-bond acceptors (Lipinski definition) is 4. The molecule has 3 aromatic rings. The summed E-state index contributed by atoms with van der Waals surface area (Å²) in [6, 6.07) is 16.7. The second-order valence-corrected chi connectivity index (χ2v) is 9.24. The molecule has 0 spiro atoms. The number of rotatable bonds is 6. The van der Waals surface area contributed by atoms with Crippen molar-refractivity contribution in [3.63, 3.8) is 0 Å². The third-order valence-corrected chi connectivity index (χ3v) is 6.93. The van der Waals surface area contributed by atoms with Gasteiger partial charge in [0.25, 0.3) is 5.91 Å². The van der Waals surface area contributed by atoms with Crippen LogP contribution in [0.15, 0.2) is 67.0 Å². The Morgan fingerprint density at radius 1 is 1.11 bits per heavy atom. The molecule has 2 aromatic carbocycles. The molecule has 7 heteroatoms. The van der Waals surface area contributed by atoms with Gasteiger partial charge < -0.3 is 14.8 Å². The van der Waals surface area contributed by atoms with Crippen LogP contribution in [0.25, 0.3) is 6.08 Å². The second-order valence-electron chi connectivity index (χ2n) is 9.24. The summed E-state index contributed by atoms with van der Waals surface area (Å²) in [4.78, 5) is 39.1. The lowest BCUT2D eigenvalue weighted by atomic mass is 10.0. The van der Waals surface area contributed by atoms with Gasteiger partial charge in [-0.05, 0) is 48.6 Å². The third kappa shape index (κ3) is 5.20. The molecule has 0 aliphatic carbocycles. The monoisotopic (exact) mass is 469 g/mol. The zero-order chi connectivity index (χ0) is 24.2. The van der Waals surface area contributed by atoms with Gasteiger partial charge in [0.15, 0.2) is 0 Å². The first kappa shape index (κ1) is 23.1. The highest BCUT2D eigenvalue weighted by atomic mass is 16.2. The number of piperidine rings is 1. The van der Waals surface area contributed by atoms with Crippen LogP contribution in [0.2, 0.25) is 0 Å². The minimum atomic E-state index is -0.0739. The van der Waals surface area contributed by atoms with E-state index in [2.05, 4.69) is 45.2 Å². The highest BCUT2D eigenvalue weighted by Gasteiger charge is 2.30. The number of benzene rings is 2. The van der Waals surface area contributed by atoms with E-state index in [9.17, 15) is 9.59 Å². The lowest BCUT2D eigenvalue weighted by Crippen LogP contribution is -2.47. The molecule has 1 N–H and O–H groups in total. The number of anilines is 2. The van der Waals surface area contributed by atoms with Gasteiger partial charge >= 0.3 is 0 Å². The van der Waals surface area contributed by atoms with Crippen LogP contribution in [0.5, 0.6) is 0 Å². The maximum absolute atomic E-state index is 13.5. The quantitative estimate of drug-likeness (QED) is 0.554. The Hall–Kier alpha value is -3.71. The number of hydrogen-bond donors (Lipinski definition) is 1. The molecule has 3 heterocycles. The number of carbonyl (C=O) groups is 2. The first-order valence-corrected chi connectivity index (χ1v) is 12.3. The predicted octanol–water partition coefficient (Wildman–Crippen LogP) is 4.03. The molecule has 180 valence electrons. The van der Waals surface area contributed by atoms with E-state index < -0.39 is 0 Å². The fraction of sp³-hybridized carbons (Fsp3) is 0.321. The molecule has 2 aliphatic heterocycles. The van der Waals surface area contributed by atoms with E-state index >= 15 is 0 Å². The Balaban J connectivity index is 1.38. The van der Waals surface area contributed by atoms with Gasteiger partial charge in [0, 0.05) is 69.0 Å². The molecule has 7 nitrogen and oxygen atoms in total. The van der Waals surface area contributed by atoms with Gasteiger partial charge in [-0.3, -0.25) is 14.5 Å². The summed E-state index contributed by atoms with van der Waals surface area (Å²) in [5, 5.41) is 0. The van der Waals surface area contributed by atoms with Crippen LogP contribution in [-0.4, -0.2) is 52.4 Å². The Bertz CT molecular complexity index is 1200. The number of amides is 2. The molecule has 0 radical (unpaired) electrons. The SMILES string of the molecule is CC(=O)N1CCc2ccc(N(C(=O)/C=C/c3ncc[nH]3)C3CCN(Cc4ccccc4)CC3)cc21. The number of aromatic nitrogens is 2. The number of nitrogens with zero attached hydrogens (tertiary/aromatic N) is 4. The van der Waals surface area contributed by atoms with Crippen LogP contribution in [0.4, 0.5) is 11.4 Å². The number of likely N-dealkylation sites (tertiary alicyclic amines) is 1. The Kier molecular flexibility index (Phi) is 6.77. The zero-order valence-corrected chi connectivity index (χ0v) is 20.1. The molecule has 35 heavy (non-hydrogen) atoms. The number of H-pyrrole nitrogens is 1. The first-order valence-electron chi connectivity index (χ1n) is 12.3. The maximum atomic E-state index is 13.5. The second kappa shape index (κ2) is 10.3. The highest BCUT2D eigenvalue weighted by molar-refractivity contribution is 6.05. The van der Waals surface area contributed by atoms with E-state index in [0.717, 1.165) is 55.8 Å². The average molecular weight is 470 g/mol. The number of imidazole rings is 1. The molecule has 1 saturated heterocycles. The minimum Gasteiger partial charge on any atom is -0.345 e. The summed E-state index contributed by atoms with van der Waals surface area (Å²) in [7, 11) is 0. The largest absolute Gasteiger partial charge is 0.345 e. The highest BCUT2D eigenvalue weighted by Crippen LogP contribution is 2.34. The van der Waals surface area contributed by atoms with Crippen molar-refractivity contribution in [1.29, 1.82) is 0 Å². The number of carbonyl (C=O) groups excluding carboxylic acids is 2. The van der Waals surface area contributed by atoms with Crippen molar-refractivity contribution in [2.45, 2.75) is 38.8 Å². The van der Waals surface area contributed by atoms with Crippen molar-refractivity contribution in [2.24, 2.45) is 0 Å². The summed E-state index contributed by atoms with van der Waals surface area (Å²) in [5.41, 5.74) is 4.22. The van der Waals surface area contributed by atoms with E-state index in [1.807, 2.05) is 28.0 Å². The molecule has 0 saturated carbocycles. The van der Waals surface area contributed by atoms with Gasteiger partial charge in [0.05, 0.1) is 0 Å².